The van der Waals surface area contributed by atoms with Gasteiger partial charge in [-0.2, -0.15) is 0 Å². The smallest absolute Gasteiger partial charge is 0.143 e. The highest BCUT2D eigenvalue weighted by Gasteiger charge is 2.30. The lowest BCUT2D eigenvalue weighted by Crippen LogP contribution is -2.46. The minimum absolute atomic E-state index is 0.198. The van der Waals surface area contributed by atoms with Crippen molar-refractivity contribution < 1.29 is 8.83 Å². The van der Waals surface area contributed by atoms with Gasteiger partial charge < -0.3 is 18.7 Å². The molecule has 0 saturated heterocycles. The molecule has 6 heteroatoms. The van der Waals surface area contributed by atoms with E-state index in [1.165, 1.54) is 38.6 Å². The summed E-state index contributed by atoms with van der Waals surface area (Å²) in [5, 5.41) is 13.5. The van der Waals surface area contributed by atoms with Crippen molar-refractivity contribution in [3.8, 4) is 11.1 Å². The summed E-state index contributed by atoms with van der Waals surface area (Å²) in [6, 6.07) is 47.4. The van der Waals surface area contributed by atoms with Gasteiger partial charge in [0, 0.05) is 55.7 Å². The van der Waals surface area contributed by atoms with Crippen molar-refractivity contribution in [2.45, 2.75) is 38.5 Å². The molecule has 0 radical (unpaired) electrons. The van der Waals surface area contributed by atoms with Gasteiger partial charge in [-0.15, -0.1) is 0 Å². The van der Waals surface area contributed by atoms with E-state index in [-0.39, 0.29) is 12.3 Å². The minimum atomic E-state index is -0.204. The quantitative estimate of drug-likeness (QED) is 0.184. The Morgan fingerprint density at radius 1 is 0.707 bits per heavy atom. The van der Waals surface area contributed by atoms with E-state index in [9.17, 15) is 0 Å². The molecule has 3 aromatic heterocycles. The lowest BCUT2D eigenvalue weighted by atomic mass is 9.91. The Morgan fingerprint density at radius 2 is 1.48 bits per heavy atom. The largest absolute Gasteiger partial charge is 0.460 e. The second-order valence-electron chi connectivity index (χ2n) is 15.9. The van der Waals surface area contributed by atoms with Crippen molar-refractivity contribution in [3.05, 3.63) is 180 Å². The maximum absolute atomic E-state index is 6.81. The van der Waals surface area contributed by atoms with E-state index in [4.69, 9.17) is 13.8 Å². The normalized spacial score (nSPS) is 19.4. The van der Waals surface area contributed by atoms with Crippen LogP contribution in [-0.4, -0.2) is 10.4 Å². The fraction of sp³-hybridized carbons (Fsp3) is 0.135. The Hall–Kier alpha value is -6.89. The van der Waals surface area contributed by atoms with Crippen molar-refractivity contribution >= 4 is 72.3 Å². The summed E-state index contributed by atoms with van der Waals surface area (Å²) in [6.07, 6.45) is 11.3. The van der Waals surface area contributed by atoms with Crippen molar-refractivity contribution in [2.75, 3.05) is 0 Å². The molecule has 0 amide bonds. The van der Waals surface area contributed by atoms with Crippen molar-refractivity contribution in [1.82, 2.24) is 15.2 Å². The third kappa shape index (κ3) is 5.18. The van der Waals surface area contributed by atoms with Gasteiger partial charge in [0.15, 0.2) is 0 Å². The number of nitrogens with one attached hydrogen (secondary N) is 2. The molecule has 6 nitrogen and oxygen atoms in total. The summed E-state index contributed by atoms with van der Waals surface area (Å²) in [5.41, 5.74) is 13.2. The molecule has 3 atom stereocenters. The number of para-hydroxylation sites is 3. The molecule has 0 saturated carbocycles. The monoisotopic (exact) mass is 752 g/mol. The first-order valence-electron chi connectivity index (χ1n) is 20.4. The zero-order valence-corrected chi connectivity index (χ0v) is 32.1. The van der Waals surface area contributed by atoms with Crippen molar-refractivity contribution in [3.63, 3.8) is 0 Å². The minimum Gasteiger partial charge on any atom is -0.460 e. The Balaban J connectivity index is 0.941. The maximum atomic E-state index is 6.81. The van der Waals surface area contributed by atoms with Crippen LogP contribution in [0, 0.1) is 5.92 Å². The number of hydrogen-bond acceptors (Lipinski definition) is 5. The number of aromatic nitrogens is 1. The molecule has 58 heavy (non-hydrogen) atoms. The van der Waals surface area contributed by atoms with Crippen LogP contribution in [-0.2, 0) is 6.42 Å². The number of allylic oxidation sites excluding steroid dienone is 4. The van der Waals surface area contributed by atoms with Crippen molar-refractivity contribution in [2.24, 2.45) is 10.9 Å². The van der Waals surface area contributed by atoms with E-state index in [1.807, 2.05) is 0 Å². The Morgan fingerprint density at radius 3 is 2.31 bits per heavy atom. The van der Waals surface area contributed by atoms with Crippen molar-refractivity contribution in [1.29, 1.82) is 0 Å². The Labute approximate surface area is 335 Å². The van der Waals surface area contributed by atoms with Gasteiger partial charge >= 0.3 is 0 Å². The van der Waals surface area contributed by atoms with Crippen LogP contribution in [0.2, 0.25) is 0 Å². The topological polar surface area (TPSA) is 67.6 Å². The summed E-state index contributed by atoms with van der Waals surface area (Å²) >= 11 is 0. The number of hydrogen-bond donors (Lipinski definition) is 2. The molecular weight excluding hydrogens is 713 g/mol. The third-order valence-corrected chi connectivity index (χ3v) is 12.5. The number of benzene rings is 6. The lowest BCUT2D eigenvalue weighted by Gasteiger charge is -2.34. The molecule has 1 aliphatic heterocycles. The molecule has 0 fully saturated rings. The SMILES string of the molecule is CC1CC=CC=C1C1=NC(c2ccccc2)NC(c2cccc3oc4c(-c5ccc6c7c(oc6c5)CCC(n5c6ccccc6c6ccccc65)=C7)cccc4c23)N1. The highest BCUT2D eigenvalue weighted by atomic mass is 16.3. The zero-order valence-electron chi connectivity index (χ0n) is 32.1. The van der Waals surface area contributed by atoms with Crippen LogP contribution < -0.4 is 10.6 Å². The molecule has 0 spiro atoms. The average molecular weight is 753 g/mol. The fourth-order valence-corrected chi connectivity index (χ4v) is 9.64. The standard InChI is InChI=1S/C52H40N4O2/c1-31-13-5-6-16-35(31)51-53-50(32-14-3-2-4-15-32)54-52(55-51)41-21-12-24-46-48(41)40-20-11-19-36(49(40)58-46)33-25-27-39-42-30-34(26-28-45(42)57-47(39)29-33)56-43-22-9-7-17-37(43)38-18-8-10-23-44(38)56/h2-12,14-25,27,29-31,50,52,54H,13,26,28H2,1H3,(H,53,55). The summed E-state index contributed by atoms with van der Waals surface area (Å²) in [7, 11) is 0. The number of nitrogens with zero attached hydrogens (tertiary/aromatic N) is 2. The fourth-order valence-electron chi connectivity index (χ4n) is 9.64. The molecular formula is C52H40N4O2. The van der Waals surface area contributed by atoms with Crippen LogP contribution in [0.25, 0.3) is 77.6 Å². The molecule has 9 aromatic rings. The lowest BCUT2D eigenvalue weighted by molar-refractivity contribution is 0.408. The molecule has 4 heterocycles. The van der Waals surface area contributed by atoms with Gasteiger partial charge in [0.1, 0.15) is 40.7 Å². The second-order valence-corrected chi connectivity index (χ2v) is 15.9. The molecule has 280 valence electrons. The van der Waals surface area contributed by atoms with Crippen LogP contribution >= 0.6 is 0 Å². The maximum Gasteiger partial charge on any atom is 0.143 e. The number of amidine groups is 1. The predicted molar refractivity (Wildman–Crippen MR) is 237 cm³/mol. The van der Waals surface area contributed by atoms with Crippen LogP contribution in [0.1, 0.15) is 54.5 Å². The average Bonchev–Trinajstić information content (AvgIpc) is 3.96. The Kier molecular flexibility index (Phi) is 7.50. The number of aryl methyl sites for hydroxylation is 1. The summed E-state index contributed by atoms with van der Waals surface area (Å²) in [5.74, 6) is 2.35. The van der Waals surface area contributed by atoms with E-state index in [2.05, 4.69) is 180 Å². The zero-order chi connectivity index (χ0) is 38.3. The summed E-state index contributed by atoms with van der Waals surface area (Å²) in [4.78, 5) is 5.23. The van der Waals surface area contributed by atoms with E-state index < -0.39 is 0 Å². The summed E-state index contributed by atoms with van der Waals surface area (Å²) < 4.78 is 15.9. The van der Waals surface area contributed by atoms with Crippen LogP contribution in [0.4, 0.5) is 0 Å². The van der Waals surface area contributed by atoms with Crippen LogP contribution in [0.3, 0.4) is 0 Å². The van der Waals surface area contributed by atoms with Crippen LogP contribution in [0.5, 0.6) is 0 Å². The van der Waals surface area contributed by atoms with E-state index in [0.29, 0.717) is 5.92 Å². The van der Waals surface area contributed by atoms with Crippen LogP contribution in [0.15, 0.2) is 171 Å². The predicted octanol–water partition coefficient (Wildman–Crippen LogP) is 12.9. The number of rotatable bonds is 5. The molecule has 2 aliphatic carbocycles. The number of furan rings is 2. The van der Waals surface area contributed by atoms with E-state index in [0.717, 1.165) is 86.0 Å². The number of aliphatic imine (C=N–C) groups is 1. The Bertz CT molecular complexity index is 3190. The first-order valence-corrected chi connectivity index (χ1v) is 20.4. The van der Waals surface area contributed by atoms with Gasteiger partial charge in [0.25, 0.3) is 0 Å². The second kappa shape index (κ2) is 13.1. The molecule has 3 unspecified atom stereocenters. The van der Waals surface area contributed by atoms with E-state index in [1.54, 1.807) is 0 Å². The highest BCUT2D eigenvalue weighted by Crippen LogP contribution is 2.43. The van der Waals surface area contributed by atoms with Gasteiger partial charge in [0.2, 0.25) is 0 Å². The molecule has 2 N–H and O–H groups in total. The number of fused-ring (bicyclic) bond motifs is 9. The first kappa shape index (κ1) is 33.3. The molecule has 12 rings (SSSR count). The van der Waals surface area contributed by atoms with Gasteiger partial charge in [-0.25, -0.2) is 4.99 Å². The van der Waals surface area contributed by atoms with Gasteiger partial charge in [-0.05, 0) is 71.9 Å². The highest BCUT2D eigenvalue weighted by molar-refractivity contribution is 6.13. The molecule has 6 aromatic carbocycles. The molecule has 0 bridgehead atoms. The molecule has 3 aliphatic rings. The van der Waals surface area contributed by atoms with Gasteiger partial charge in [0.05, 0.1) is 11.0 Å². The van der Waals surface area contributed by atoms with Gasteiger partial charge in [-0.3, -0.25) is 5.32 Å². The van der Waals surface area contributed by atoms with Gasteiger partial charge in [-0.1, -0.05) is 128 Å². The summed E-state index contributed by atoms with van der Waals surface area (Å²) in [6.45, 7) is 2.27. The van der Waals surface area contributed by atoms with E-state index >= 15 is 0 Å². The third-order valence-electron chi connectivity index (χ3n) is 12.5. The first-order chi connectivity index (χ1) is 28.7.